The second kappa shape index (κ2) is 17.7. The largest absolute Gasteiger partial charge is 0.497 e. The number of fused-ring (bicyclic) bond motifs is 1. The van der Waals surface area contributed by atoms with Crippen LogP contribution in [-0.4, -0.2) is 37.4 Å². The molecule has 3 amide bonds. The summed E-state index contributed by atoms with van der Waals surface area (Å²) >= 11 is 2.77. The SMILES string of the molecule is CCOC(=O)c1c(NC(=O)C(Sc2cccc(NC(=O)/C(=C\c3ccc(OC)cc3)NC(=O)c3ccccc3)c2)c2ccccc2)sc2c1CCCC2. The van der Waals surface area contributed by atoms with E-state index in [0.29, 0.717) is 33.1 Å². The first-order valence-electron chi connectivity index (χ1n) is 17.3. The monoisotopic (exact) mass is 745 g/mol. The van der Waals surface area contributed by atoms with Crippen LogP contribution in [0.25, 0.3) is 6.08 Å². The fraction of sp³-hybridized carbons (Fsp3) is 0.190. The van der Waals surface area contributed by atoms with Gasteiger partial charge in [-0.05, 0) is 97.8 Å². The van der Waals surface area contributed by atoms with Gasteiger partial charge in [0, 0.05) is 21.0 Å². The highest BCUT2D eigenvalue weighted by molar-refractivity contribution is 8.00. The number of aryl methyl sites for hydroxylation is 1. The number of carbonyl (C=O) groups is 4. The summed E-state index contributed by atoms with van der Waals surface area (Å²) in [5.74, 6) is -1.01. The minimum Gasteiger partial charge on any atom is -0.497 e. The second-order valence-electron chi connectivity index (χ2n) is 12.2. The van der Waals surface area contributed by atoms with E-state index in [1.165, 1.54) is 23.1 Å². The van der Waals surface area contributed by atoms with Crippen molar-refractivity contribution in [3.8, 4) is 5.75 Å². The molecule has 1 atom stereocenters. The molecule has 270 valence electrons. The molecule has 1 heterocycles. The van der Waals surface area contributed by atoms with E-state index in [1.807, 2.05) is 42.5 Å². The van der Waals surface area contributed by atoms with E-state index in [9.17, 15) is 19.2 Å². The summed E-state index contributed by atoms with van der Waals surface area (Å²) in [6.07, 6.45) is 5.26. The van der Waals surface area contributed by atoms with Crippen LogP contribution in [0, 0.1) is 0 Å². The summed E-state index contributed by atoms with van der Waals surface area (Å²) < 4.78 is 10.7. The Balaban J connectivity index is 1.25. The van der Waals surface area contributed by atoms with Gasteiger partial charge in [0.15, 0.2) is 0 Å². The van der Waals surface area contributed by atoms with Gasteiger partial charge in [0.1, 0.15) is 21.7 Å². The van der Waals surface area contributed by atoms with E-state index in [1.54, 1.807) is 86.8 Å². The predicted molar refractivity (Wildman–Crippen MR) is 211 cm³/mol. The molecule has 0 aliphatic heterocycles. The molecule has 9 nitrogen and oxygen atoms in total. The third kappa shape index (κ3) is 9.43. The molecule has 0 bridgehead atoms. The average Bonchev–Trinajstić information content (AvgIpc) is 3.55. The Labute approximate surface area is 316 Å². The zero-order valence-electron chi connectivity index (χ0n) is 29.3. The molecule has 0 radical (unpaired) electrons. The molecule has 6 rings (SSSR count). The van der Waals surface area contributed by atoms with Gasteiger partial charge >= 0.3 is 5.97 Å². The topological polar surface area (TPSA) is 123 Å². The normalized spacial score (nSPS) is 12.9. The Morgan fingerprint density at radius 3 is 2.28 bits per heavy atom. The highest BCUT2D eigenvalue weighted by Crippen LogP contribution is 2.41. The van der Waals surface area contributed by atoms with Crippen molar-refractivity contribution in [1.82, 2.24) is 5.32 Å². The van der Waals surface area contributed by atoms with Crippen LogP contribution in [0.15, 0.2) is 120 Å². The number of ether oxygens (including phenoxy) is 2. The molecule has 11 heteroatoms. The quantitative estimate of drug-likeness (QED) is 0.0626. The summed E-state index contributed by atoms with van der Waals surface area (Å²) in [7, 11) is 1.57. The molecular formula is C42H39N3O6S2. The molecule has 1 unspecified atom stereocenters. The van der Waals surface area contributed by atoms with Gasteiger partial charge in [-0.3, -0.25) is 14.4 Å². The molecule has 53 heavy (non-hydrogen) atoms. The van der Waals surface area contributed by atoms with E-state index >= 15 is 0 Å². The van der Waals surface area contributed by atoms with Crippen molar-refractivity contribution >= 4 is 63.6 Å². The molecule has 5 aromatic rings. The average molecular weight is 746 g/mol. The van der Waals surface area contributed by atoms with Crippen LogP contribution < -0.4 is 20.7 Å². The fourth-order valence-corrected chi connectivity index (χ4v) is 8.31. The Hall–Kier alpha value is -5.65. The van der Waals surface area contributed by atoms with Crippen molar-refractivity contribution in [2.24, 2.45) is 0 Å². The zero-order chi connectivity index (χ0) is 37.2. The summed E-state index contributed by atoms with van der Waals surface area (Å²) in [5, 5.41) is 8.58. The van der Waals surface area contributed by atoms with Gasteiger partial charge in [-0.1, -0.05) is 66.7 Å². The third-order valence-electron chi connectivity index (χ3n) is 8.53. The number of hydrogen-bond donors (Lipinski definition) is 3. The van der Waals surface area contributed by atoms with Crippen LogP contribution in [0.5, 0.6) is 5.75 Å². The van der Waals surface area contributed by atoms with Crippen molar-refractivity contribution < 1.29 is 28.7 Å². The maximum Gasteiger partial charge on any atom is 0.341 e. The Morgan fingerprint density at radius 2 is 1.57 bits per heavy atom. The first kappa shape index (κ1) is 37.1. The van der Waals surface area contributed by atoms with Crippen LogP contribution in [0.1, 0.15) is 67.3 Å². The maximum absolute atomic E-state index is 14.1. The summed E-state index contributed by atoms with van der Waals surface area (Å²) in [5.41, 5.74) is 3.81. The molecule has 3 N–H and O–H groups in total. The molecule has 0 fully saturated rings. The number of esters is 1. The number of benzene rings is 4. The minimum absolute atomic E-state index is 0.0414. The maximum atomic E-state index is 14.1. The Kier molecular flexibility index (Phi) is 12.4. The van der Waals surface area contributed by atoms with E-state index in [0.717, 1.165) is 46.6 Å². The second-order valence-corrected chi connectivity index (χ2v) is 14.5. The molecule has 0 saturated heterocycles. The van der Waals surface area contributed by atoms with Gasteiger partial charge in [-0.15, -0.1) is 23.1 Å². The van der Waals surface area contributed by atoms with E-state index in [4.69, 9.17) is 9.47 Å². The molecule has 1 aliphatic rings. The predicted octanol–water partition coefficient (Wildman–Crippen LogP) is 8.69. The Morgan fingerprint density at radius 1 is 0.849 bits per heavy atom. The molecule has 4 aromatic carbocycles. The van der Waals surface area contributed by atoms with Crippen LogP contribution in [0.2, 0.25) is 0 Å². The molecule has 1 aromatic heterocycles. The number of methoxy groups -OCH3 is 1. The van der Waals surface area contributed by atoms with Gasteiger partial charge in [0.25, 0.3) is 11.8 Å². The fourth-order valence-electron chi connectivity index (χ4n) is 5.94. The summed E-state index contributed by atoms with van der Waals surface area (Å²) in [6, 6.07) is 32.4. The zero-order valence-corrected chi connectivity index (χ0v) is 31.0. The van der Waals surface area contributed by atoms with E-state index < -0.39 is 23.0 Å². The minimum atomic E-state index is -0.688. The van der Waals surface area contributed by atoms with Crippen molar-refractivity contribution in [3.63, 3.8) is 0 Å². The lowest BCUT2D eigenvalue weighted by molar-refractivity contribution is -0.116. The third-order valence-corrected chi connectivity index (χ3v) is 11.0. The van der Waals surface area contributed by atoms with E-state index in [-0.39, 0.29) is 18.2 Å². The lowest BCUT2D eigenvalue weighted by Crippen LogP contribution is -2.30. The molecular weight excluding hydrogens is 707 g/mol. The van der Waals surface area contributed by atoms with Crippen molar-refractivity contribution in [3.05, 3.63) is 148 Å². The standard InChI is InChI=1S/C42H39N3O6S2/c1-3-51-42(49)36-33-19-10-11-20-35(33)53-41(36)45-40(48)37(28-13-6-4-7-14-28)52-32-18-12-17-30(26-32)43-39(47)34(25-27-21-23-31(50-2)24-22-27)44-38(46)29-15-8-5-9-16-29/h4-9,12-18,21-26,37H,3,10-11,19-20H2,1-2H3,(H,43,47)(H,44,46)(H,45,48)/b34-25+. The van der Waals surface area contributed by atoms with Crippen LogP contribution in [0.4, 0.5) is 10.7 Å². The smallest absolute Gasteiger partial charge is 0.341 e. The van der Waals surface area contributed by atoms with Gasteiger partial charge < -0.3 is 25.4 Å². The lowest BCUT2D eigenvalue weighted by atomic mass is 9.95. The van der Waals surface area contributed by atoms with Crippen molar-refractivity contribution in [1.29, 1.82) is 0 Å². The first-order chi connectivity index (χ1) is 25.8. The highest BCUT2D eigenvalue weighted by Gasteiger charge is 2.30. The van der Waals surface area contributed by atoms with Crippen LogP contribution in [0.3, 0.4) is 0 Å². The number of nitrogens with one attached hydrogen (secondary N) is 3. The number of amides is 3. The van der Waals surface area contributed by atoms with Gasteiger partial charge in [0.05, 0.1) is 19.3 Å². The van der Waals surface area contributed by atoms with Crippen molar-refractivity contribution in [2.45, 2.75) is 42.8 Å². The number of hydrogen-bond acceptors (Lipinski definition) is 8. The number of thiophene rings is 1. The number of anilines is 2. The highest BCUT2D eigenvalue weighted by atomic mass is 32.2. The summed E-state index contributed by atoms with van der Waals surface area (Å²) in [4.78, 5) is 56.0. The number of rotatable bonds is 13. The summed E-state index contributed by atoms with van der Waals surface area (Å²) in [6.45, 7) is 2.01. The van der Waals surface area contributed by atoms with Gasteiger partial charge in [-0.25, -0.2) is 4.79 Å². The Bertz CT molecular complexity index is 2110. The van der Waals surface area contributed by atoms with Crippen LogP contribution >= 0.6 is 23.1 Å². The number of carbonyl (C=O) groups excluding carboxylic acids is 4. The molecule has 0 spiro atoms. The van der Waals surface area contributed by atoms with E-state index in [2.05, 4.69) is 16.0 Å². The van der Waals surface area contributed by atoms with Gasteiger partial charge in [-0.2, -0.15) is 0 Å². The van der Waals surface area contributed by atoms with Crippen LogP contribution in [-0.2, 0) is 27.2 Å². The molecule has 0 saturated carbocycles. The van der Waals surface area contributed by atoms with Gasteiger partial charge in [0.2, 0.25) is 5.91 Å². The molecule has 1 aliphatic carbocycles. The number of thioether (sulfide) groups is 1. The lowest BCUT2D eigenvalue weighted by Gasteiger charge is -2.18. The first-order valence-corrected chi connectivity index (χ1v) is 19.0. The van der Waals surface area contributed by atoms with Crippen molar-refractivity contribution in [2.75, 3.05) is 24.4 Å².